The van der Waals surface area contributed by atoms with Gasteiger partial charge in [-0.25, -0.2) is 0 Å². The van der Waals surface area contributed by atoms with Gasteiger partial charge in [0, 0.05) is 47.9 Å². The molecular weight excluding hydrogens is 592 g/mol. The number of nitrogens with one attached hydrogen (secondary N) is 2. The van der Waals surface area contributed by atoms with Crippen molar-refractivity contribution in [3.05, 3.63) is 94.7 Å². The van der Waals surface area contributed by atoms with Crippen LogP contribution in [0.3, 0.4) is 0 Å². The van der Waals surface area contributed by atoms with Gasteiger partial charge in [-0.3, -0.25) is 9.78 Å². The molecule has 0 aliphatic carbocycles. The van der Waals surface area contributed by atoms with Gasteiger partial charge in [-0.05, 0) is 44.4 Å². The van der Waals surface area contributed by atoms with E-state index < -0.39 is 0 Å². The fourth-order valence-corrected chi connectivity index (χ4v) is 4.95. The van der Waals surface area contributed by atoms with Crippen molar-refractivity contribution in [1.29, 1.82) is 10.5 Å². The van der Waals surface area contributed by atoms with Crippen molar-refractivity contribution < 1.29 is 19.0 Å². The summed E-state index contributed by atoms with van der Waals surface area (Å²) in [4.78, 5) is 19.3. The maximum Gasteiger partial charge on any atom is 0.248 e. The van der Waals surface area contributed by atoms with Gasteiger partial charge in [0.1, 0.15) is 30.3 Å². The molecule has 1 fully saturated rings. The van der Waals surface area contributed by atoms with E-state index in [0.29, 0.717) is 75.4 Å². The number of nitriles is 2. The summed E-state index contributed by atoms with van der Waals surface area (Å²) in [6, 6.07) is 20.2. The van der Waals surface area contributed by atoms with Crippen LogP contribution in [0.4, 0.5) is 17.1 Å². The van der Waals surface area contributed by atoms with Gasteiger partial charge in [0.15, 0.2) is 0 Å². The molecular formula is C34H31ClN6O4. The number of nitrogens with zero attached hydrogens (tertiary/aromatic N) is 4. The molecule has 3 aromatic carbocycles. The van der Waals surface area contributed by atoms with Crippen molar-refractivity contribution in [2.75, 3.05) is 44.5 Å². The SMILES string of the molecule is CN(C)CC=CC(=O)Nc1cc2c(Nc3ccc(OCc4ccccc4C#N)c(Cl)c3)c(C#N)cnc2cc1OC1CCOC1. The third kappa shape index (κ3) is 7.88. The summed E-state index contributed by atoms with van der Waals surface area (Å²) >= 11 is 6.58. The number of fused-ring (bicyclic) bond motifs is 1. The van der Waals surface area contributed by atoms with Crippen LogP contribution in [0.5, 0.6) is 11.5 Å². The Bertz CT molecular complexity index is 1820. The number of hydrogen-bond acceptors (Lipinski definition) is 9. The molecule has 2 N–H and O–H groups in total. The van der Waals surface area contributed by atoms with Gasteiger partial charge in [-0.1, -0.05) is 35.9 Å². The summed E-state index contributed by atoms with van der Waals surface area (Å²) in [7, 11) is 3.83. The van der Waals surface area contributed by atoms with E-state index in [1.165, 1.54) is 12.3 Å². The molecule has 0 bridgehead atoms. The average Bonchev–Trinajstić information content (AvgIpc) is 3.54. The third-order valence-corrected chi connectivity index (χ3v) is 7.29. The molecule has 1 unspecified atom stereocenters. The first-order chi connectivity index (χ1) is 21.8. The van der Waals surface area contributed by atoms with Crippen molar-refractivity contribution >= 4 is 45.5 Å². The molecule has 0 spiro atoms. The maximum absolute atomic E-state index is 12.8. The number of benzene rings is 3. The zero-order valence-corrected chi connectivity index (χ0v) is 25.6. The Labute approximate surface area is 266 Å². The average molecular weight is 623 g/mol. The molecule has 5 rings (SSSR count). The number of aromatic nitrogens is 1. The van der Waals surface area contributed by atoms with E-state index in [1.54, 1.807) is 48.5 Å². The Morgan fingerprint density at radius 2 is 1.96 bits per heavy atom. The highest BCUT2D eigenvalue weighted by molar-refractivity contribution is 6.32. The number of anilines is 3. The number of pyridine rings is 1. The van der Waals surface area contributed by atoms with Crippen molar-refractivity contribution in [2.45, 2.75) is 19.1 Å². The van der Waals surface area contributed by atoms with Crippen LogP contribution in [0.2, 0.25) is 5.02 Å². The summed E-state index contributed by atoms with van der Waals surface area (Å²) in [6.07, 6.45) is 5.30. The third-order valence-electron chi connectivity index (χ3n) is 6.99. The van der Waals surface area contributed by atoms with E-state index >= 15 is 0 Å². The first kappa shape index (κ1) is 31.3. The fourth-order valence-electron chi connectivity index (χ4n) is 4.72. The number of ether oxygens (including phenoxy) is 3. The van der Waals surface area contributed by atoms with Gasteiger partial charge in [0.25, 0.3) is 0 Å². The summed E-state index contributed by atoms with van der Waals surface area (Å²) in [6.45, 7) is 1.84. The predicted molar refractivity (Wildman–Crippen MR) is 173 cm³/mol. The van der Waals surface area contributed by atoms with Crippen LogP contribution in [-0.2, 0) is 16.1 Å². The predicted octanol–water partition coefficient (Wildman–Crippen LogP) is 6.18. The quantitative estimate of drug-likeness (QED) is 0.188. The lowest BCUT2D eigenvalue weighted by atomic mass is 10.1. The molecule has 0 saturated carbocycles. The summed E-state index contributed by atoms with van der Waals surface area (Å²) in [5.74, 6) is 0.584. The van der Waals surface area contributed by atoms with Crippen LogP contribution >= 0.6 is 11.6 Å². The monoisotopic (exact) mass is 622 g/mol. The van der Waals surface area contributed by atoms with Gasteiger partial charge in [-0.2, -0.15) is 10.5 Å². The van der Waals surface area contributed by atoms with Crippen molar-refractivity contribution in [3.63, 3.8) is 0 Å². The maximum atomic E-state index is 12.8. The Kier molecular flexibility index (Phi) is 10.1. The lowest BCUT2D eigenvalue weighted by molar-refractivity contribution is -0.111. The molecule has 1 aromatic heterocycles. The Balaban J connectivity index is 1.45. The van der Waals surface area contributed by atoms with Crippen LogP contribution in [0.15, 0.2) is 72.9 Å². The summed E-state index contributed by atoms with van der Waals surface area (Å²) in [5.41, 5.74) is 3.68. The number of carbonyl (C=O) groups is 1. The highest BCUT2D eigenvalue weighted by Crippen LogP contribution is 2.38. The van der Waals surface area contributed by atoms with Gasteiger partial charge in [-0.15, -0.1) is 0 Å². The zero-order valence-electron chi connectivity index (χ0n) is 24.8. The van der Waals surface area contributed by atoms with E-state index in [4.69, 9.17) is 25.8 Å². The number of rotatable bonds is 11. The Morgan fingerprint density at radius 3 is 2.69 bits per heavy atom. The topological polar surface area (TPSA) is 133 Å². The molecule has 228 valence electrons. The lowest BCUT2D eigenvalue weighted by Crippen LogP contribution is -2.18. The number of carbonyl (C=O) groups excluding carboxylic acids is 1. The molecule has 2 heterocycles. The van der Waals surface area contributed by atoms with E-state index in [-0.39, 0.29) is 18.6 Å². The molecule has 1 amide bonds. The van der Waals surface area contributed by atoms with Crippen molar-refractivity contribution in [2.24, 2.45) is 0 Å². The molecule has 1 aliphatic rings. The number of hydrogen-bond donors (Lipinski definition) is 2. The standard InChI is InChI=1S/C34H31ClN6O4/c1-41(2)12-5-8-33(42)40-30-15-27-29(16-32(30)45-26-11-13-43-21-26)38-19-24(18-37)34(27)39-25-9-10-31(28(35)14-25)44-20-23-7-4-3-6-22(23)17-36/h3-10,14-16,19,26H,11-13,20-21H2,1-2H3,(H,38,39)(H,40,42). The molecule has 1 aliphatic heterocycles. The van der Waals surface area contributed by atoms with E-state index in [0.717, 1.165) is 12.0 Å². The number of amides is 1. The van der Waals surface area contributed by atoms with Crippen molar-refractivity contribution in [1.82, 2.24) is 9.88 Å². The Hall–Kier alpha value is -5.13. The Morgan fingerprint density at radius 1 is 1.13 bits per heavy atom. The first-order valence-corrected chi connectivity index (χ1v) is 14.6. The van der Waals surface area contributed by atoms with Crippen LogP contribution in [0, 0.1) is 22.7 Å². The highest BCUT2D eigenvalue weighted by atomic mass is 35.5. The highest BCUT2D eigenvalue weighted by Gasteiger charge is 2.21. The minimum Gasteiger partial charge on any atom is -0.487 e. The summed E-state index contributed by atoms with van der Waals surface area (Å²) < 4.78 is 17.6. The smallest absolute Gasteiger partial charge is 0.248 e. The molecule has 0 radical (unpaired) electrons. The molecule has 1 saturated heterocycles. The molecule has 10 nitrogen and oxygen atoms in total. The summed E-state index contributed by atoms with van der Waals surface area (Å²) in [5, 5.41) is 26.5. The molecule has 4 aromatic rings. The van der Waals surface area contributed by atoms with Crippen LogP contribution in [0.25, 0.3) is 10.9 Å². The molecule has 45 heavy (non-hydrogen) atoms. The van der Waals surface area contributed by atoms with Gasteiger partial charge in [0.05, 0.1) is 52.3 Å². The van der Waals surface area contributed by atoms with Gasteiger partial charge >= 0.3 is 0 Å². The van der Waals surface area contributed by atoms with Crippen molar-refractivity contribution in [3.8, 4) is 23.6 Å². The second kappa shape index (κ2) is 14.6. The largest absolute Gasteiger partial charge is 0.487 e. The van der Waals surface area contributed by atoms with E-state index in [9.17, 15) is 15.3 Å². The van der Waals surface area contributed by atoms with E-state index in [1.807, 2.05) is 31.1 Å². The number of likely N-dealkylation sites (N-methyl/N-ethyl adjacent to an activating group) is 1. The van der Waals surface area contributed by atoms with Gasteiger partial charge in [0.2, 0.25) is 5.91 Å². The molecule has 1 atom stereocenters. The first-order valence-electron chi connectivity index (χ1n) is 14.3. The van der Waals surface area contributed by atoms with Gasteiger partial charge < -0.3 is 29.7 Å². The zero-order chi connectivity index (χ0) is 31.8. The number of halogens is 1. The van der Waals surface area contributed by atoms with Crippen LogP contribution < -0.4 is 20.1 Å². The normalized spacial score (nSPS) is 14.3. The van der Waals surface area contributed by atoms with Crippen LogP contribution in [0.1, 0.15) is 23.1 Å². The fraction of sp³-hybridized carbons (Fsp3) is 0.235. The minimum atomic E-state index is -0.317. The molecule has 11 heteroatoms. The van der Waals surface area contributed by atoms with E-state index in [2.05, 4.69) is 27.8 Å². The second-order valence-electron chi connectivity index (χ2n) is 10.6. The minimum absolute atomic E-state index is 0.158. The second-order valence-corrected chi connectivity index (χ2v) is 11.0. The lowest BCUT2D eigenvalue weighted by Gasteiger charge is -2.19. The van der Waals surface area contributed by atoms with Crippen LogP contribution in [-0.4, -0.2) is 55.7 Å².